The second-order valence-electron chi connectivity index (χ2n) is 7.52. The highest BCUT2D eigenvalue weighted by atomic mass is 32.2. The summed E-state index contributed by atoms with van der Waals surface area (Å²) in [5, 5.41) is 6.55. The molecule has 34 heavy (non-hydrogen) atoms. The second kappa shape index (κ2) is 10.0. The molecule has 0 aliphatic carbocycles. The first kappa shape index (κ1) is 23.4. The summed E-state index contributed by atoms with van der Waals surface area (Å²) in [6.45, 7) is 4.60. The maximum Gasteiger partial charge on any atom is 0.339 e. The minimum absolute atomic E-state index is 0.0371. The molecule has 1 N–H and O–H groups in total. The first-order valence-corrected chi connectivity index (χ1v) is 11.4. The average molecular weight is 483 g/mol. The number of hydrogen-bond donors (Lipinski definition) is 1. The van der Waals surface area contributed by atoms with Crippen LogP contribution in [0, 0.1) is 13.8 Å². The number of esters is 1. The monoisotopic (exact) mass is 482 g/mol. The Kier molecular flexibility index (Phi) is 6.87. The van der Waals surface area contributed by atoms with E-state index in [4.69, 9.17) is 18.7 Å². The summed E-state index contributed by atoms with van der Waals surface area (Å²) in [6, 6.07) is 10.0. The van der Waals surface area contributed by atoms with Crippen LogP contribution in [0.3, 0.4) is 0 Å². The number of fused-ring (bicyclic) bond motifs is 1. The van der Waals surface area contributed by atoms with E-state index in [1.807, 2.05) is 26.0 Å². The Morgan fingerprint density at radius 1 is 1.09 bits per heavy atom. The zero-order valence-electron chi connectivity index (χ0n) is 18.8. The van der Waals surface area contributed by atoms with E-state index in [1.165, 1.54) is 30.8 Å². The molecule has 4 rings (SSSR count). The van der Waals surface area contributed by atoms with Gasteiger partial charge in [0, 0.05) is 27.8 Å². The van der Waals surface area contributed by atoms with Crippen molar-refractivity contribution in [3.05, 3.63) is 64.5 Å². The van der Waals surface area contributed by atoms with Gasteiger partial charge in [-0.3, -0.25) is 9.59 Å². The lowest BCUT2D eigenvalue weighted by molar-refractivity contribution is -0.119. The number of ether oxygens (including phenoxy) is 3. The number of Topliss-reactive ketones (excluding diaryl/α,β-unsaturated/α-hetero) is 1. The molecule has 0 unspecified atom stereocenters. The average Bonchev–Trinajstić information content (AvgIpc) is 3.41. The number of rotatable bonds is 8. The van der Waals surface area contributed by atoms with Crippen LogP contribution in [0.4, 0.5) is 5.69 Å². The van der Waals surface area contributed by atoms with Gasteiger partial charge in [-0.25, -0.2) is 4.79 Å². The molecule has 2 aromatic carbocycles. The molecule has 0 radical (unpaired) electrons. The van der Waals surface area contributed by atoms with Gasteiger partial charge in [0.25, 0.3) is 5.91 Å². The minimum Gasteiger partial charge on any atom is -0.454 e. The second-order valence-corrected chi connectivity index (χ2v) is 8.54. The summed E-state index contributed by atoms with van der Waals surface area (Å²) < 4.78 is 21.0. The van der Waals surface area contributed by atoms with Gasteiger partial charge in [0.1, 0.15) is 5.76 Å². The van der Waals surface area contributed by atoms with Crippen LogP contribution in [-0.2, 0) is 15.3 Å². The SMILES string of the molecule is CC(=O)c1cc2c(cc1NC(=O)COC(=O)c1ccccc1SCc1c(C)noc1C)OCO2. The fourth-order valence-electron chi connectivity index (χ4n) is 3.35. The number of anilines is 1. The molecule has 0 atom stereocenters. The zero-order chi connectivity index (χ0) is 24.2. The smallest absolute Gasteiger partial charge is 0.339 e. The summed E-state index contributed by atoms with van der Waals surface area (Å²) in [5.74, 6) is 0.682. The number of amides is 1. The molecular weight excluding hydrogens is 460 g/mol. The van der Waals surface area contributed by atoms with Crippen molar-refractivity contribution in [1.29, 1.82) is 0 Å². The lowest BCUT2D eigenvalue weighted by Gasteiger charge is -2.12. The van der Waals surface area contributed by atoms with E-state index in [9.17, 15) is 14.4 Å². The lowest BCUT2D eigenvalue weighted by atomic mass is 10.1. The molecule has 176 valence electrons. The third-order valence-corrected chi connectivity index (χ3v) is 6.26. The van der Waals surface area contributed by atoms with Gasteiger partial charge in [0.2, 0.25) is 6.79 Å². The van der Waals surface area contributed by atoms with Crippen LogP contribution < -0.4 is 14.8 Å². The highest BCUT2D eigenvalue weighted by Crippen LogP contribution is 2.37. The number of nitrogens with zero attached hydrogens (tertiary/aromatic N) is 1. The Balaban J connectivity index is 1.40. The molecule has 0 spiro atoms. The number of thioether (sulfide) groups is 1. The summed E-state index contributed by atoms with van der Waals surface area (Å²) >= 11 is 1.45. The van der Waals surface area contributed by atoms with Crippen molar-refractivity contribution < 1.29 is 33.1 Å². The van der Waals surface area contributed by atoms with Crippen LogP contribution in [0.15, 0.2) is 45.8 Å². The molecule has 1 aromatic heterocycles. The third kappa shape index (κ3) is 5.07. The fourth-order valence-corrected chi connectivity index (χ4v) is 4.54. The number of aryl methyl sites for hydroxylation is 2. The number of hydrogen-bond acceptors (Lipinski definition) is 9. The van der Waals surface area contributed by atoms with Crippen LogP contribution in [0.2, 0.25) is 0 Å². The zero-order valence-corrected chi connectivity index (χ0v) is 19.6. The maximum atomic E-state index is 12.7. The molecule has 0 fully saturated rings. The fraction of sp³-hybridized carbons (Fsp3) is 0.250. The summed E-state index contributed by atoms with van der Waals surface area (Å²) in [6.07, 6.45) is 0. The van der Waals surface area contributed by atoms with E-state index in [-0.39, 0.29) is 23.8 Å². The highest BCUT2D eigenvalue weighted by molar-refractivity contribution is 7.98. The van der Waals surface area contributed by atoms with Crippen molar-refractivity contribution in [2.45, 2.75) is 31.4 Å². The molecule has 3 aromatic rings. The molecule has 1 amide bonds. The number of aromatic nitrogens is 1. The Hall–Kier alpha value is -3.79. The van der Waals surface area contributed by atoms with E-state index < -0.39 is 18.5 Å². The predicted octanol–water partition coefficient (Wildman–Crippen LogP) is 4.31. The Bertz CT molecular complexity index is 1250. The maximum absolute atomic E-state index is 12.7. The molecule has 0 saturated carbocycles. The van der Waals surface area contributed by atoms with Crippen molar-refractivity contribution in [2.24, 2.45) is 0 Å². The third-order valence-electron chi connectivity index (χ3n) is 5.16. The molecule has 0 saturated heterocycles. The van der Waals surface area contributed by atoms with E-state index in [2.05, 4.69) is 10.5 Å². The van der Waals surface area contributed by atoms with Gasteiger partial charge in [-0.1, -0.05) is 17.3 Å². The summed E-state index contributed by atoms with van der Waals surface area (Å²) in [5.41, 5.74) is 2.64. The van der Waals surface area contributed by atoms with Crippen molar-refractivity contribution in [2.75, 3.05) is 18.7 Å². The highest BCUT2D eigenvalue weighted by Gasteiger charge is 2.21. The van der Waals surface area contributed by atoms with Gasteiger partial charge in [0.05, 0.1) is 16.9 Å². The van der Waals surface area contributed by atoms with Crippen LogP contribution in [0.5, 0.6) is 11.5 Å². The van der Waals surface area contributed by atoms with E-state index in [0.717, 1.165) is 17.0 Å². The van der Waals surface area contributed by atoms with Crippen molar-refractivity contribution in [1.82, 2.24) is 5.16 Å². The summed E-state index contributed by atoms with van der Waals surface area (Å²) in [4.78, 5) is 37.9. The first-order valence-electron chi connectivity index (χ1n) is 10.4. The largest absolute Gasteiger partial charge is 0.454 e. The van der Waals surface area contributed by atoms with Gasteiger partial charge in [-0.2, -0.15) is 0 Å². The van der Waals surface area contributed by atoms with Gasteiger partial charge in [-0.05, 0) is 39.0 Å². The Morgan fingerprint density at radius 2 is 1.82 bits per heavy atom. The Morgan fingerprint density at radius 3 is 2.53 bits per heavy atom. The van der Waals surface area contributed by atoms with Crippen LogP contribution in [0.25, 0.3) is 0 Å². The molecule has 2 heterocycles. The quantitative estimate of drug-likeness (QED) is 0.285. The normalized spacial score (nSPS) is 11.9. The van der Waals surface area contributed by atoms with E-state index >= 15 is 0 Å². The number of nitrogens with one attached hydrogen (secondary N) is 1. The molecular formula is C24H22N2O7S. The van der Waals surface area contributed by atoms with Gasteiger partial charge < -0.3 is 24.1 Å². The first-order chi connectivity index (χ1) is 16.3. The molecule has 10 heteroatoms. The molecule has 1 aliphatic rings. The number of carbonyl (C=O) groups is 3. The van der Waals surface area contributed by atoms with E-state index in [1.54, 1.807) is 12.1 Å². The van der Waals surface area contributed by atoms with E-state index in [0.29, 0.717) is 27.7 Å². The Labute approximate surface area is 199 Å². The van der Waals surface area contributed by atoms with Crippen molar-refractivity contribution >= 4 is 35.1 Å². The molecule has 9 nitrogen and oxygen atoms in total. The predicted molar refractivity (Wildman–Crippen MR) is 123 cm³/mol. The molecule has 0 bridgehead atoms. The minimum atomic E-state index is -0.630. The number of carbonyl (C=O) groups excluding carboxylic acids is 3. The summed E-state index contributed by atoms with van der Waals surface area (Å²) in [7, 11) is 0. The van der Waals surface area contributed by atoms with Crippen LogP contribution >= 0.6 is 11.8 Å². The van der Waals surface area contributed by atoms with Crippen LogP contribution in [-0.4, -0.2) is 36.2 Å². The number of ketones is 1. The van der Waals surface area contributed by atoms with Gasteiger partial charge in [0.15, 0.2) is 23.9 Å². The topological polar surface area (TPSA) is 117 Å². The van der Waals surface area contributed by atoms with Crippen molar-refractivity contribution in [3.63, 3.8) is 0 Å². The lowest BCUT2D eigenvalue weighted by Crippen LogP contribution is -2.22. The molecule has 1 aliphatic heterocycles. The standard InChI is InChI=1S/C24H22N2O7S/c1-13-18(15(3)33-26-13)11-34-22-7-5-4-6-16(22)24(29)30-10-23(28)25-19-9-21-20(31-12-32-21)8-17(19)14(2)27/h4-9H,10-12H2,1-3H3,(H,25,28). The van der Waals surface area contributed by atoms with Gasteiger partial charge >= 0.3 is 5.97 Å². The van der Waals surface area contributed by atoms with Crippen molar-refractivity contribution in [3.8, 4) is 11.5 Å². The van der Waals surface area contributed by atoms with Crippen LogP contribution in [0.1, 0.15) is 44.7 Å². The van der Waals surface area contributed by atoms with Gasteiger partial charge in [-0.15, -0.1) is 11.8 Å². The number of benzene rings is 2.